The van der Waals surface area contributed by atoms with Gasteiger partial charge in [0.1, 0.15) is 23.2 Å². The molecule has 0 saturated carbocycles. The highest BCUT2D eigenvalue weighted by atomic mass is 127. The van der Waals surface area contributed by atoms with Crippen LogP contribution in [0.25, 0.3) is 0 Å². The standard InChI is InChI=1S/C30H41N2O2P.HI/c1-32-26-29(25-31-32)35(27-19-13-11-14-20-27,28-21-15-12-16-22-28)24-18-10-8-6-4-2-3-5-7-9-17-23-30(33)34;/h11-16,19-22,25-26H,2-10,17-18,23-24H2,1H3;1H. The van der Waals surface area contributed by atoms with E-state index in [1.807, 2.05) is 11.7 Å². The Hall–Kier alpha value is -1.72. The van der Waals surface area contributed by atoms with Crippen LogP contribution in [0.2, 0.25) is 0 Å². The van der Waals surface area contributed by atoms with Crippen LogP contribution in [0.4, 0.5) is 0 Å². The molecule has 6 heteroatoms. The molecule has 0 bridgehead atoms. The number of carboxylic acid groups (broad SMARTS) is 1. The Morgan fingerprint density at radius 3 is 1.58 bits per heavy atom. The first kappa shape index (κ1) is 30.5. The van der Waals surface area contributed by atoms with Gasteiger partial charge in [0, 0.05) is 13.5 Å². The van der Waals surface area contributed by atoms with Crippen LogP contribution in [-0.2, 0) is 11.8 Å². The second kappa shape index (κ2) is 16.9. The molecule has 0 radical (unpaired) electrons. The first-order valence-corrected chi connectivity index (χ1v) is 15.3. The molecule has 0 aliphatic rings. The zero-order valence-corrected chi connectivity index (χ0v) is 24.7. The topological polar surface area (TPSA) is 55.1 Å². The smallest absolute Gasteiger partial charge is 0.303 e. The third kappa shape index (κ3) is 9.30. The number of aromatic nitrogens is 2. The molecule has 0 saturated heterocycles. The van der Waals surface area contributed by atoms with Crippen LogP contribution in [0.1, 0.15) is 77.0 Å². The molecule has 1 aromatic heterocycles. The summed E-state index contributed by atoms with van der Waals surface area (Å²) >= 11 is 0. The number of nitrogens with zero attached hydrogens (tertiary/aromatic N) is 2. The van der Waals surface area contributed by atoms with E-state index >= 15 is 0 Å². The molecule has 0 aliphatic heterocycles. The van der Waals surface area contributed by atoms with E-state index < -0.39 is 13.2 Å². The van der Waals surface area contributed by atoms with Crippen molar-refractivity contribution in [2.75, 3.05) is 6.16 Å². The highest BCUT2D eigenvalue weighted by Crippen LogP contribution is 2.55. The molecular weight excluding hydrogens is 578 g/mol. The summed E-state index contributed by atoms with van der Waals surface area (Å²) in [6.45, 7) is 0. The minimum Gasteiger partial charge on any atom is -1.00 e. The maximum atomic E-state index is 10.6. The van der Waals surface area contributed by atoms with E-state index in [2.05, 4.69) is 78.2 Å². The van der Waals surface area contributed by atoms with Gasteiger partial charge in [0.05, 0.1) is 18.6 Å². The van der Waals surface area contributed by atoms with E-state index in [9.17, 15) is 4.79 Å². The quantitative estimate of drug-likeness (QED) is 0.143. The Morgan fingerprint density at radius 2 is 1.17 bits per heavy atom. The minimum absolute atomic E-state index is 0. The van der Waals surface area contributed by atoms with Gasteiger partial charge in [-0.05, 0) is 43.5 Å². The fourth-order valence-electron chi connectivity index (χ4n) is 5.02. The molecule has 0 atom stereocenters. The lowest BCUT2D eigenvalue weighted by molar-refractivity contribution is -0.137. The van der Waals surface area contributed by atoms with Crippen molar-refractivity contribution in [2.24, 2.45) is 7.05 Å². The first-order chi connectivity index (χ1) is 17.1. The predicted octanol–water partition coefficient (Wildman–Crippen LogP) is 3.48. The average Bonchev–Trinajstić information content (AvgIpc) is 3.32. The van der Waals surface area contributed by atoms with E-state index in [0.29, 0.717) is 6.42 Å². The molecule has 4 nitrogen and oxygen atoms in total. The van der Waals surface area contributed by atoms with Crippen molar-refractivity contribution in [1.82, 2.24) is 9.78 Å². The van der Waals surface area contributed by atoms with Crippen LogP contribution in [0.15, 0.2) is 73.1 Å². The van der Waals surface area contributed by atoms with Gasteiger partial charge in [-0.3, -0.25) is 9.48 Å². The fraction of sp³-hybridized carbons (Fsp3) is 0.467. The zero-order valence-electron chi connectivity index (χ0n) is 21.7. The lowest BCUT2D eigenvalue weighted by Crippen LogP contribution is -3.00. The van der Waals surface area contributed by atoms with Crippen molar-refractivity contribution < 1.29 is 33.9 Å². The van der Waals surface area contributed by atoms with Crippen LogP contribution >= 0.6 is 7.26 Å². The van der Waals surface area contributed by atoms with E-state index in [1.54, 1.807) is 0 Å². The third-order valence-electron chi connectivity index (χ3n) is 6.91. The van der Waals surface area contributed by atoms with Crippen molar-refractivity contribution >= 4 is 29.1 Å². The van der Waals surface area contributed by atoms with Crippen molar-refractivity contribution in [2.45, 2.75) is 77.0 Å². The van der Waals surface area contributed by atoms with Crippen LogP contribution < -0.4 is 39.9 Å². The summed E-state index contributed by atoms with van der Waals surface area (Å²) in [5, 5.41) is 17.5. The number of aryl methyl sites for hydroxylation is 1. The number of halogens is 1. The molecule has 1 N–H and O–H groups in total. The first-order valence-electron chi connectivity index (χ1n) is 13.3. The monoisotopic (exact) mass is 620 g/mol. The largest absolute Gasteiger partial charge is 1.00 e. The number of carbonyl (C=O) groups is 1. The van der Waals surface area contributed by atoms with Crippen molar-refractivity contribution in [1.29, 1.82) is 0 Å². The highest BCUT2D eigenvalue weighted by Gasteiger charge is 2.45. The van der Waals surface area contributed by atoms with Gasteiger partial charge < -0.3 is 29.1 Å². The SMILES string of the molecule is Cn1cc([P+](CCCCCCCCCCCCCC(=O)O)(c2ccccc2)c2ccccc2)cn1.[I-]. The van der Waals surface area contributed by atoms with Crippen LogP contribution in [0.3, 0.4) is 0 Å². The van der Waals surface area contributed by atoms with Gasteiger partial charge in [-0.15, -0.1) is 0 Å². The van der Waals surface area contributed by atoms with Gasteiger partial charge in [-0.1, -0.05) is 87.8 Å². The second-order valence-corrected chi connectivity index (χ2v) is 13.2. The molecule has 0 amide bonds. The van der Waals surface area contributed by atoms with Gasteiger partial charge in [-0.25, -0.2) is 0 Å². The van der Waals surface area contributed by atoms with Crippen LogP contribution in [0.5, 0.6) is 0 Å². The number of hydrogen-bond acceptors (Lipinski definition) is 2. The van der Waals surface area contributed by atoms with Crippen molar-refractivity contribution in [3.8, 4) is 0 Å². The van der Waals surface area contributed by atoms with Gasteiger partial charge >= 0.3 is 5.97 Å². The minimum atomic E-state index is -1.74. The number of aliphatic carboxylic acids is 1. The lowest BCUT2D eigenvalue weighted by atomic mass is 10.1. The maximum Gasteiger partial charge on any atom is 0.303 e. The van der Waals surface area contributed by atoms with Gasteiger partial charge in [0.25, 0.3) is 0 Å². The second-order valence-electron chi connectivity index (χ2n) is 9.61. The summed E-state index contributed by atoms with van der Waals surface area (Å²) in [4.78, 5) is 10.6. The Balaban J connectivity index is 0.00000456. The fourth-order valence-corrected chi connectivity index (χ4v) is 9.36. The molecule has 0 unspecified atom stereocenters. The van der Waals surface area contributed by atoms with Crippen molar-refractivity contribution in [3.63, 3.8) is 0 Å². The number of carboxylic acids is 1. The molecule has 0 spiro atoms. The van der Waals surface area contributed by atoms with Gasteiger partial charge in [-0.2, -0.15) is 5.10 Å². The van der Waals surface area contributed by atoms with Crippen LogP contribution in [-0.4, -0.2) is 27.0 Å². The van der Waals surface area contributed by atoms with E-state index in [0.717, 1.165) is 12.8 Å². The molecule has 1 heterocycles. The third-order valence-corrected chi connectivity index (χ3v) is 11.4. The average molecular weight is 621 g/mol. The number of benzene rings is 2. The summed E-state index contributed by atoms with van der Waals surface area (Å²) in [6, 6.07) is 22.2. The zero-order chi connectivity index (χ0) is 24.8. The van der Waals surface area contributed by atoms with Crippen molar-refractivity contribution in [3.05, 3.63) is 73.1 Å². The summed E-state index contributed by atoms with van der Waals surface area (Å²) in [7, 11) is 0.279. The molecule has 0 fully saturated rings. The van der Waals surface area contributed by atoms with E-state index in [4.69, 9.17) is 5.11 Å². The summed E-state index contributed by atoms with van der Waals surface area (Å²) in [5.74, 6) is -0.669. The molecule has 196 valence electrons. The van der Waals surface area contributed by atoms with Crippen LogP contribution in [0, 0.1) is 0 Å². The predicted molar refractivity (Wildman–Crippen MR) is 150 cm³/mol. The highest BCUT2D eigenvalue weighted by molar-refractivity contribution is 7.95. The maximum absolute atomic E-state index is 10.6. The number of unbranched alkanes of at least 4 members (excludes halogenated alkanes) is 10. The molecule has 36 heavy (non-hydrogen) atoms. The van der Waals surface area contributed by atoms with E-state index in [1.165, 1.54) is 79.9 Å². The summed E-state index contributed by atoms with van der Waals surface area (Å²) in [5.41, 5.74) is 0. The Bertz CT molecular complexity index is 955. The Labute approximate surface area is 235 Å². The summed E-state index contributed by atoms with van der Waals surface area (Å²) in [6.07, 6.45) is 19.1. The molecule has 2 aromatic carbocycles. The van der Waals surface area contributed by atoms with Gasteiger partial charge in [0.15, 0.2) is 0 Å². The molecule has 3 aromatic rings. The number of hydrogen-bond donors (Lipinski definition) is 1. The number of rotatable bonds is 17. The lowest BCUT2D eigenvalue weighted by Gasteiger charge is -2.26. The molecular formula is C30H42IN2O2P. The Morgan fingerprint density at radius 1 is 0.722 bits per heavy atom. The summed E-state index contributed by atoms with van der Waals surface area (Å²) < 4.78 is 1.95. The molecule has 0 aliphatic carbocycles. The molecule has 3 rings (SSSR count). The van der Waals surface area contributed by atoms with E-state index in [-0.39, 0.29) is 24.0 Å². The Kier molecular flexibility index (Phi) is 14.3. The van der Waals surface area contributed by atoms with Gasteiger partial charge in [0.2, 0.25) is 0 Å². The normalized spacial score (nSPS) is 11.2.